The molecule has 0 N–H and O–H groups in total. The van der Waals surface area contributed by atoms with E-state index in [-0.39, 0.29) is 6.42 Å². The summed E-state index contributed by atoms with van der Waals surface area (Å²) in [6.45, 7) is 1.88. The van der Waals surface area contributed by atoms with Gasteiger partial charge >= 0.3 is 11.9 Å². The Balaban J connectivity index is 3.73. The van der Waals surface area contributed by atoms with E-state index in [9.17, 15) is 9.59 Å². The van der Waals surface area contributed by atoms with Crippen LogP contribution in [0.1, 0.15) is 26.2 Å². The van der Waals surface area contributed by atoms with E-state index in [2.05, 4.69) is 10.7 Å². The predicted octanol–water partition coefficient (Wildman–Crippen LogP) is 1.44. The molecule has 3 heteroatoms. The Bertz CT molecular complexity index is 245. The van der Waals surface area contributed by atoms with Crippen LogP contribution in [0, 0.1) is 12.3 Å². The Kier molecular flexibility index (Phi) is 6.26. The topological polar surface area (TPSA) is 43.4 Å². The van der Waals surface area contributed by atoms with Crippen molar-refractivity contribution in [1.29, 1.82) is 0 Å². The lowest BCUT2D eigenvalue weighted by Gasteiger charge is -1.96. The van der Waals surface area contributed by atoms with Gasteiger partial charge in [0, 0.05) is 12.5 Å². The van der Waals surface area contributed by atoms with Crippen LogP contribution >= 0.6 is 0 Å². The smallest absolute Gasteiger partial charge is 0.338 e. The molecule has 0 aliphatic rings. The van der Waals surface area contributed by atoms with E-state index in [1.54, 1.807) is 6.08 Å². The maximum atomic E-state index is 10.8. The zero-order chi connectivity index (χ0) is 10.1. The van der Waals surface area contributed by atoms with Gasteiger partial charge in [0.2, 0.25) is 0 Å². The molecule has 3 nitrogen and oxygen atoms in total. The zero-order valence-corrected chi connectivity index (χ0v) is 7.58. The molecular weight excluding hydrogens is 168 g/mol. The third kappa shape index (κ3) is 6.82. The standard InChI is InChI=1S/C10H12O3/c1-3-5-7-9(11)13-10(12)8-6-4-2/h1,6,8H,4-5,7H2,2H3. The number of ether oxygens (including phenoxy) is 1. The summed E-state index contributed by atoms with van der Waals surface area (Å²) in [6, 6.07) is 0. The van der Waals surface area contributed by atoms with E-state index in [0.717, 1.165) is 6.42 Å². The van der Waals surface area contributed by atoms with Crippen LogP contribution in [0.5, 0.6) is 0 Å². The second-order valence-electron chi connectivity index (χ2n) is 2.31. The minimum atomic E-state index is -0.635. The summed E-state index contributed by atoms with van der Waals surface area (Å²) in [5.41, 5.74) is 0. The van der Waals surface area contributed by atoms with Gasteiger partial charge in [0.1, 0.15) is 0 Å². The minimum absolute atomic E-state index is 0.0855. The van der Waals surface area contributed by atoms with Crippen molar-refractivity contribution in [2.24, 2.45) is 0 Å². The van der Waals surface area contributed by atoms with Crippen LogP contribution < -0.4 is 0 Å². The Morgan fingerprint density at radius 3 is 2.77 bits per heavy atom. The number of terminal acetylenes is 1. The quantitative estimate of drug-likeness (QED) is 0.284. The summed E-state index contributed by atoms with van der Waals surface area (Å²) >= 11 is 0. The fourth-order valence-electron chi connectivity index (χ4n) is 0.586. The first-order chi connectivity index (χ1) is 6.20. The maximum Gasteiger partial charge on any atom is 0.338 e. The summed E-state index contributed by atoms with van der Waals surface area (Å²) in [6.07, 6.45) is 8.89. The predicted molar refractivity (Wildman–Crippen MR) is 48.6 cm³/mol. The first-order valence-electron chi connectivity index (χ1n) is 4.05. The molecule has 0 heterocycles. The number of rotatable bonds is 4. The molecule has 0 bridgehead atoms. The summed E-state index contributed by atoms with van der Waals surface area (Å²) in [7, 11) is 0. The van der Waals surface area contributed by atoms with Crippen LogP contribution in [0.25, 0.3) is 0 Å². The highest BCUT2D eigenvalue weighted by atomic mass is 16.6. The van der Waals surface area contributed by atoms with E-state index in [4.69, 9.17) is 6.42 Å². The number of esters is 2. The highest BCUT2D eigenvalue weighted by Gasteiger charge is 2.05. The largest absolute Gasteiger partial charge is 0.390 e. The van der Waals surface area contributed by atoms with Gasteiger partial charge in [-0.05, 0) is 6.42 Å². The molecule has 0 aromatic carbocycles. The van der Waals surface area contributed by atoms with Gasteiger partial charge in [0.25, 0.3) is 0 Å². The number of hydrogen-bond acceptors (Lipinski definition) is 3. The van der Waals surface area contributed by atoms with Crippen LogP contribution in [0.15, 0.2) is 12.2 Å². The van der Waals surface area contributed by atoms with Crippen molar-refractivity contribution in [3.8, 4) is 12.3 Å². The monoisotopic (exact) mass is 180 g/mol. The van der Waals surface area contributed by atoms with Crippen LogP contribution in [0.3, 0.4) is 0 Å². The first kappa shape index (κ1) is 11.4. The van der Waals surface area contributed by atoms with Crippen molar-refractivity contribution in [3.63, 3.8) is 0 Å². The highest BCUT2D eigenvalue weighted by Crippen LogP contribution is 1.93. The van der Waals surface area contributed by atoms with Gasteiger partial charge in [-0.2, -0.15) is 0 Å². The average Bonchev–Trinajstić information content (AvgIpc) is 2.11. The molecule has 0 atom stereocenters. The molecule has 70 valence electrons. The van der Waals surface area contributed by atoms with Crippen molar-refractivity contribution < 1.29 is 14.3 Å². The van der Waals surface area contributed by atoms with Crippen LogP contribution in [-0.4, -0.2) is 11.9 Å². The Labute approximate surface area is 77.8 Å². The van der Waals surface area contributed by atoms with Crippen molar-refractivity contribution in [2.75, 3.05) is 0 Å². The lowest BCUT2D eigenvalue weighted by atomic mass is 10.3. The van der Waals surface area contributed by atoms with Crippen molar-refractivity contribution in [2.45, 2.75) is 26.2 Å². The first-order valence-corrected chi connectivity index (χ1v) is 4.05. The molecule has 0 rings (SSSR count). The summed E-state index contributed by atoms with van der Waals surface area (Å²) in [5.74, 6) is 1.07. The number of carbonyl (C=O) groups is 2. The fraction of sp³-hybridized carbons (Fsp3) is 0.400. The molecule has 0 unspecified atom stereocenters. The summed E-state index contributed by atoms with van der Waals surface area (Å²) < 4.78 is 4.39. The Morgan fingerprint density at radius 1 is 1.54 bits per heavy atom. The highest BCUT2D eigenvalue weighted by molar-refractivity contribution is 5.92. The molecule has 0 aliphatic heterocycles. The SMILES string of the molecule is C#CCCC(=O)OC(=O)C=CCC. The van der Waals surface area contributed by atoms with Gasteiger partial charge in [-0.15, -0.1) is 12.3 Å². The normalized spacial score (nSPS) is 9.54. The molecule has 0 aliphatic carbocycles. The van der Waals surface area contributed by atoms with E-state index in [1.165, 1.54) is 6.08 Å². The molecule has 0 fully saturated rings. The number of carbonyl (C=O) groups excluding carboxylic acids is 2. The molecule has 0 radical (unpaired) electrons. The van der Waals surface area contributed by atoms with Crippen LogP contribution in [0.2, 0.25) is 0 Å². The Hall–Kier alpha value is -1.56. The van der Waals surface area contributed by atoms with Crippen LogP contribution in [-0.2, 0) is 14.3 Å². The molecule has 13 heavy (non-hydrogen) atoms. The lowest BCUT2D eigenvalue weighted by Crippen LogP contribution is -2.09. The van der Waals surface area contributed by atoms with Gasteiger partial charge in [0.05, 0.1) is 6.42 Å². The van der Waals surface area contributed by atoms with Gasteiger partial charge in [-0.3, -0.25) is 4.79 Å². The van der Waals surface area contributed by atoms with Gasteiger partial charge < -0.3 is 4.74 Å². The third-order valence-corrected chi connectivity index (χ3v) is 1.18. The molecule has 0 spiro atoms. The van der Waals surface area contributed by atoms with E-state index >= 15 is 0 Å². The van der Waals surface area contributed by atoms with Crippen LogP contribution in [0.4, 0.5) is 0 Å². The Morgan fingerprint density at radius 2 is 2.23 bits per heavy atom. The minimum Gasteiger partial charge on any atom is -0.390 e. The average molecular weight is 180 g/mol. The molecule has 0 aromatic heterocycles. The number of allylic oxidation sites excluding steroid dienone is 1. The maximum absolute atomic E-state index is 10.8. The number of hydrogen-bond donors (Lipinski definition) is 0. The second kappa shape index (κ2) is 7.11. The van der Waals surface area contributed by atoms with Crippen molar-refractivity contribution in [3.05, 3.63) is 12.2 Å². The molecule has 0 aromatic rings. The molecule has 0 saturated carbocycles. The fourth-order valence-corrected chi connectivity index (χ4v) is 0.586. The van der Waals surface area contributed by atoms with E-state index in [0.29, 0.717) is 6.42 Å². The van der Waals surface area contributed by atoms with Crippen molar-refractivity contribution >= 4 is 11.9 Å². The van der Waals surface area contributed by atoms with Gasteiger partial charge in [-0.1, -0.05) is 13.0 Å². The summed E-state index contributed by atoms with van der Waals surface area (Å²) in [4.78, 5) is 21.6. The van der Waals surface area contributed by atoms with Gasteiger partial charge in [-0.25, -0.2) is 4.79 Å². The van der Waals surface area contributed by atoms with E-state index < -0.39 is 11.9 Å². The molecule has 0 amide bonds. The summed E-state index contributed by atoms with van der Waals surface area (Å²) in [5, 5.41) is 0. The van der Waals surface area contributed by atoms with Crippen molar-refractivity contribution in [1.82, 2.24) is 0 Å². The van der Waals surface area contributed by atoms with E-state index in [1.807, 2.05) is 6.92 Å². The molecule has 0 saturated heterocycles. The third-order valence-electron chi connectivity index (χ3n) is 1.18. The lowest BCUT2D eigenvalue weighted by molar-refractivity contribution is -0.156. The molecular formula is C10H12O3. The second-order valence-corrected chi connectivity index (χ2v) is 2.31. The van der Waals surface area contributed by atoms with Gasteiger partial charge in [0.15, 0.2) is 0 Å². The zero-order valence-electron chi connectivity index (χ0n) is 7.58.